The van der Waals surface area contributed by atoms with Gasteiger partial charge in [-0.25, -0.2) is 21.1 Å². The van der Waals surface area contributed by atoms with Crippen LogP contribution in [0, 0.1) is 5.92 Å². The second-order valence-corrected chi connectivity index (χ2v) is 12.9. The smallest absolute Gasteiger partial charge is 0.261 e. The molecule has 0 radical (unpaired) electrons. The predicted molar refractivity (Wildman–Crippen MR) is 137 cm³/mol. The van der Waals surface area contributed by atoms with E-state index in [-0.39, 0.29) is 21.6 Å². The Morgan fingerprint density at radius 3 is 2.08 bits per heavy atom. The van der Waals surface area contributed by atoms with Crippen molar-refractivity contribution in [3.8, 4) is 0 Å². The summed E-state index contributed by atoms with van der Waals surface area (Å²) in [4.78, 5) is 16.8. The normalized spacial score (nSPS) is 17.9. The van der Waals surface area contributed by atoms with Crippen LogP contribution in [0.3, 0.4) is 0 Å². The van der Waals surface area contributed by atoms with Gasteiger partial charge in [0, 0.05) is 46.2 Å². The number of ether oxygens (including phenoxy) is 1. The highest BCUT2D eigenvalue weighted by Gasteiger charge is 2.30. The second-order valence-electron chi connectivity index (χ2n) is 9.08. The second kappa shape index (κ2) is 10.8. The van der Waals surface area contributed by atoms with Crippen LogP contribution < -0.4 is 9.62 Å². The maximum atomic E-state index is 13.1. The van der Waals surface area contributed by atoms with Crippen molar-refractivity contribution >= 4 is 37.3 Å². The van der Waals surface area contributed by atoms with Gasteiger partial charge in [-0.2, -0.15) is 0 Å². The predicted octanol–water partition coefficient (Wildman–Crippen LogP) is 1.81. The zero-order valence-corrected chi connectivity index (χ0v) is 22.1. The number of nitrogens with one attached hydrogen (secondary N) is 1. The third-order valence-corrected chi connectivity index (χ3v) is 9.78. The molecule has 12 heteroatoms. The maximum absolute atomic E-state index is 13.1. The summed E-state index contributed by atoms with van der Waals surface area (Å²) in [6.07, 6.45) is 1.39. The number of carbonyl (C=O) groups excluding carboxylic acids is 1. The number of sulfonamides is 2. The summed E-state index contributed by atoms with van der Waals surface area (Å²) in [6, 6.07) is 12.3. The van der Waals surface area contributed by atoms with Gasteiger partial charge in [-0.1, -0.05) is 12.1 Å². The molecular weight excluding hydrogens is 504 g/mol. The van der Waals surface area contributed by atoms with E-state index in [9.17, 15) is 21.6 Å². The Kier molecular flexibility index (Phi) is 7.88. The average molecular weight is 537 g/mol. The van der Waals surface area contributed by atoms with Crippen LogP contribution in [-0.2, 0) is 29.6 Å². The molecule has 2 fully saturated rings. The Morgan fingerprint density at radius 2 is 1.47 bits per heavy atom. The van der Waals surface area contributed by atoms with Crippen molar-refractivity contribution in [2.75, 3.05) is 63.1 Å². The summed E-state index contributed by atoms with van der Waals surface area (Å²) in [6.45, 7) is 3.68. The van der Waals surface area contributed by atoms with Crippen LogP contribution in [-0.4, -0.2) is 85.4 Å². The molecule has 2 aliphatic rings. The summed E-state index contributed by atoms with van der Waals surface area (Å²) in [5, 5.41) is 0. The minimum Gasteiger partial charge on any atom is -0.378 e. The maximum Gasteiger partial charge on any atom is 0.261 e. The Balaban J connectivity index is 1.46. The van der Waals surface area contributed by atoms with Crippen molar-refractivity contribution in [1.29, 1.82) is 0 Å². The molecule has 4 rings (SSSR count). The Labute approximate surface area is 212 Å². The largest absolute Gasteiger partial charge is 0.378 e. The minimum atomic E-state index is -3.95. The minimum absolute atomic E-state index is 0.0151. The van der Waals surface area contributed by atoms with Crippen LogP contribution in [0.4, 0.5) is 11.4 Å². The summed E-state index contributed by atoms with van der Waals surface area (Å²) in [7, 11) is -4.78. The summed E-state index contributed by atoms with van der Waals surface area (Å²) < 4.78 is 59.8. The third kappa shape index (κ3) is 5.66. The van der Waals surface area contributed by atoms with Gasteiger partial charge in [0.05, 0.1) is 34.4 Å². The first-order valence-corrected chi connectivity index (χ1v) is 14.8. The van der Waals surface area contributed by atoms with Crippen molar-refractivity contribution in [3.63, 3.8) is 0 Å². The molecule has 2 aliphatic heterocycles. The number of nitrogens with zero attached hydrogens (tertiary/aromatic N) is 3. The first-order valence-electron chi connectivity index (χ1n) is 11.9. The van der Waals surface area contributed by atoms with E-state index in [1.165, 1.54) is 38.4 Å². The molecule has 1 N–H and O–H groups in total. The lowest BCUT2D eigenvalue weighted by atomic mass is 9.94. The molecule has 2 aromatic rings. The van der Waals surface area contributed by atoms with Gasteiger partial charge in [0.2, 0.25) is 15.9 Å². The lowest BCUT2D eigenvalue weighted by Crippen LogP contribution is -2.46. The number of para-hydroxylation sites is 2. The molecule has 0 aliphatic carbocycles. The van der Waals surface area contributed by atoms with Gasteiger partial charge in [0.25, 0.3) is 10.0 Å². The summed E-state index contributed by atoms with van der Waals surface area (Å²) in [5.41, 5.74) is 1.17. The number of hydrogen-bond acceptors (Lipinski definition) is 7. The molecule has 10 nitrogen and oxygen atoms in total. The first-order chi connectivity index (χ1) is 17.1. The molecule has 1 amide bonds. The highest BCUT2D eigenvalue weighted by atomic mass is 32.2. The number of hydrogen-bond donors (Lipinski definition) is 1. The molecule has 0 bridgehead atoms. The van der Waals surface area contributed by atoms with Crippen molar-refractivity contribution in [2.24, 2.45) is 5.92 Å². The Hall–Kier alpha value is -2.67. The van der Waals surface area contributed by atoms with Gasteiger partial charge in [0.1, 0.15) is 0 Å². The molecule has 2 saturated heterocycles. The van der Waals surface area contributed by atoms with Crippen molar-refractivity contribution < 1.29 is 26.4 Å². The molecule has 2 aromatic carbocycles. The van der Waals surface area contributed by atoms with E-state index in [2.05, 4.69) is 9.62 Å². The standard InChI is InChI=1S/C24H32N4O6S2/c1-26(2)36(32,33)21-9-7-20(8-10-21)35(30,31)25-22-5-3-4-6-23(22)27-13-11-19(12-14-27)24(29)28-15-17-34-18-16-28/h3-10,19,25H,11-18H2,1-2H3. The molecule has 0 aromatic heterocycles. The lowest BCUT2D eigenvalue weighted by molar-refractivity contribution is -0.140. The molecule has 196 valence electrons. The molecule has 0 spiro atoms. The van der Waals surface area contributed by atoms with E-state index in [0.29, 0.717) is 57.9 Å². The van der Waals surface area contributed by atoms with Gasteiger partial charge in [-0.15, -0.1) is 0 Å². The number of morpholine rings is 1. The number of amides is 1. The van der Waals surface area contributed by atoms with Gasteiger partial charge in [-0.05, 0) is 49.2 Å². The number of anilines is 2. The first kappa shape index (κ1) is 26.4. The SMILES string of the molecule is CN(C)S(=O)(=O)c1ccc(S(=O)(=O)Nc2ccccc2N2CCC(C(=O)N3CCOCC3)CC2)cc1. The van der Waals surface area contributed by atoms with Crippen LogP contribution in [0.25, 0.3) is 0 Å². The van der Waals surface area contributed by atoms with Gasteiger partial charge in [0.15, 0.2) is 0 Å². The zero-order chi connectivity index (χ0) is 25.9. The van der Waals surface area contributed by atoms with Crippen molar-refractivity contribution in [2.45, 2.75) is 22.6 Å². The van der Waals surface area contributed by atoms with Crippen molar-refractivity contribution in [3.05, 3.63) is 48.5 Å². The molecule has 0 saturated carbocycles. The fourth-order valence-electron chi connectivity index (χ4n) is 4.45. The van der Waals surface area contributed by atoms with Gasteiger partial charge < -0.3 is 14.5 Å². The van der Waals surface area contributed by atoms with E-state index in [1.807, 2.05) is 17.0 Å². The van der Waals surface area contributed by atoms with Gasteiger partial charge in [-0.3, -0.25) is 9.52 Å². The third-order valence-electron chi connectivity index (χ3n) is 6.57. The molecular formula is C24H32N4O6S2. The highest BCUT2D eigenvalue weighted by Crippen LogP contribution is 2.32. The topological polar surface area (TPSA) is 116 Å². The number of piperidine rings is 1. The van der Waals surface area contributed by atoms with Crippen molar-refractivity contribution in [1.82, 2.24) is 9.21 Å². The summed E-state index contributed by atoms with van der Waals surface area (Å²) in [5.74, 6) is 0.131. The number of rotatable bonds is 7. The van der Waals surface area contributed by atoms with Crippen LogP contribution in [0.2, 0.25) is 0 Å². The molecule has 0 atom stereocenters. The van der Waals surface area contributed by atoms with Crippen LogP contribution in [0.5, 0.6) is 0 Å². The highest BCUT2D eigenvalue weighted by molar-refractivity contribution is 7.92. The summed E-state index contributed by atoms with van der Waals surface area (Å²) >= 11 is 0. The quantitative estimate of drug-likeness (QED) is 0.574. The van der Waals surface area contributed by atoms with Gasteiger partial charge >= 0.3 is 0 Å². The van der Waals surface area contributed by atoms with E-state index in [0.717, 1.165) is 9.99 Å². The molecule has 36 heavy (non-hydrogen) atoms. The van der Waals surface area contributed by atoms with Crippen LogP contribution in [0.1, 0.15) is 12.8 Å². The van der Waals surface area contributed by atoms with E-state index >= 15 is 0 Å². The van der Waals surface area contributed by atoms with Crippen LogP contribution >= 0.6 is 0 Å². The monoisotopic (exact) mass is 536 g/mol. The zero-order valence-electron chi connectivity index (χ0n) is 20.5. The lowest BCUT2D eigenvalue weighted by Gasteiger charge is -2.37. The Bertz CT molecular complexity index is 1280. The Morgan fingerprint density at radius 1 is 0.889 bits per heavy atom. The number of benzene rings is 2. The fraction of sp³-hybridized carbons (Fsp3) is 0.458. The van der Waals surface area contributed by atoms with E-state index in [4.69, 9.17) is 4.74 Å². The fourth-order valence-corrected chi connectivity index (χ4v) is 6.43. The van der Waals surface area contributed by atoms with Crippen LogP contribution in [0.15, 0.2) is 58.3 Å². The molecule has 2 heterocycles. The number of carbonyl (C=O) groups is 1. The average Bonchev–Trinajstić information content (AvgIpc) is 2.89. The molecule has 0 unspecified atom stereocenters. The van der Waals surface area contributed by atoms with E-state index < -0.39 is 20.0 Å². The van der Waals surface area contributed by atoms with E-state index in [1.54, 1.807) is 12.1 Å².